The highest BCUT2D eigenvalue weighted by Crippen LogP contribution is 2.24. The molecule has 0 radical (unpaired) electrons. The van der Waals surface area contributed by atoms with E-state index in [1.54, 1.807) is 19.2 Å². The Morgan fingerprint density at radius 3 is 2.94 bits per heavy atom. The number of rotatable bonds is 1. The zero-order chi connectivity index (χ0) is 12.7. The van der Waals surface area contributed by atoms with Crippen LogP contribution in [0.1, 0.15) is 0 Å². The lowest BCUT2D eigenvalue weighted by Gasteiger charge is -2.03. The van der Waals surface area contributed by atoms with Crippen molar-refractivity contribution < 1.29 is 9.52 Å². The molecule has 2 heterocycles. The van der Waals surface area contributed by atoms with Crippen molar-refractivity contribution in [3.63, 3.8) is 0 Å². The summed E-state index contributed by atoms with van der Waals surface area (Å²) in [6, 6.07) is 5.98. The van der Waals surface area contributed by atoms with Gasteiger partial charge in [0.2, 0.25) is 0 Å². The Morgan fingerprint density at radius 1 is 1.39 bits per heavy atom. The van der Waals surface area contributed by atoms with E-state index in [-0.39, 0.29) is 16.6 Å². The number of hydrogen-bond acceptors (Lipinski definition) is 5. The highest BCUT2D eigenvalue weighted by atomic mass is 16.3. The second-order valence-electron chi connectivity index (χ2n) is 3.83. The molecule has 0 saturated heterocycles. The molecule has 0 aliphatic heterocycles. The van der Waals surface area contributed by atoms with Crippen molar-refractivity contribution in [3.05, 3.63) is 40.8 Å². The molecule has 0 atom stereocenters. The van der Waals surface area contributed by atoms with Crippen LogP contribution in [0.25, 0.3) is 22.6 Å². The fourth-order valence-electron chi connectivity index (χ4n) is 1.82. The number of nitrogens with zero attached hydrogens (tertiary/aromatic N) is 3. The molecule has 90 valence electrons. The molecule has 0 unspecified atom stereocenters. The Hall–Kier alpha value is -2.63. The average Bonchev–Trinajstić information content (AvgIpc) is 2.75. The molecule has 3 aromatic rings. The molecular formula is C12H9N3O3. The van der Waals surface area contributed by atoms with Crippen LogP contribution in [-0.2, 0) is 7.05 Å². The number of aryl methyl sites for hydroxylation is 1. The summed E-state index contributed by atoms with van der Waals surface area (Å²) in [6.07, 6.45) is 1.38. The number of aromatic nitrogens is 3. The van der Waals surface area contributed by atoms with Gasteiger partial charge in [-0.2, -0.15) is 5.10 Å². The minimum Gasteiger partial charge on any atom is -0.507 e. The van der Waals surface area contributed by atoms with Crippen LogP contribution in [0.4, 0.5) is 0 Å². The molecule has 0 aliphatic carbocycles. The SMILES string of the molecule is Cn1ncnc1-c1cc(=O)c2c(O)cccc2o1. The van der Waals surface area contributed by atoms with Gasteiger partial charge in [-0.3, -0.25) is 4.79 Å². The van der Waals surface area contributed by atoms with E-state index in [1.807, 2.05) is 0 Å². The summed E-state index contributed by atoms with van der Waals surface area (Å²) in [5, 5.41) is 13.7. The lowest BCUT2D eigenvalue weighted by Crippen LogP contribution is -2.03. The van der Waals surface area contributed by atoms with Crippen LogP contribution >= 0.6 is 0 Å². The second-order valence-corrected chi connectivity index (χ2v) is 3.83. The predicted octanol–water partition coefficient (Wildman–Crippen LogP) is 1.29. The lowest BCUT2D eigenvalue weighted by molar-refractivity contribution is 0.479. The average molecular weight is 243 g/mol. The Kier molecular flexibility index (Phi) is 2.16. The number of phenolic OH excluding ortho intramolecular Hbond substituents is 1. The van der Waals surface area contributed by atoms with Crippen molar-refractivity contribution >= 4 is 11.0 Å². The van der Waals surface area contributed by atoms with E-state index >= 15 is 0 Å². The molecule has 0 saturated carbocycles. The summed E-state index contributed by atoms with van der Waals surface area (Å²) in [6.45, 7) is 0. The summed E-state index contributed by atoms with van der Waals surface area (Å²) in [7, 11) is 1.70. The zero-order valence-electron chi connectivity index (χ0n) is 9.49. The van der Waals surface area contributed by atoms with E-state index in [9.17, 15) is 9.90 Å². The van der Waals surface area contributed by atoms with Gasteiger partial charge in [0.15, 0.2) is 17.0 Å². The van der Waals surface area contributed by atoms with Crippen molar-refractivity contribution in [3.8, 4) is 17.3 Å². The number of fused-ring (bicyclic) bond motifs is 1. The summed E-state index contributed by atoms with van der Waals surface area (Å²) >= 11 is 0. The van der Waals surface area contributed by atoms with E-state index in [0.29, 0.717) is 17.2 Å². The third-order valence-electron chi connectivity index (χ3n) is 2.66. The van der Waals surface area contributed by atoms with Crippen LogP contribution in [-0.4, -0.2) is 19.9 Å². The third-order valence-corrected chi connectivity index (χ3v) is 2.66. The summed E-state index contributed by atoms with van der Waals surface area (Å²) < 4.78 is 7.07. The first-order valence-electron chi connectivity index (χ1n) is 5.27. The van der Waals surface area contributed by atoms with Crippen LogP contribution in [0.15, 0.2) is 39.8 Å². The van der Waals surface area contributed by atoms with E-state index in [2.05, 4.69) is 10.1 Å². The molecule has 0 fully saturated rings. The van der Waals surface area contributed by atoms with Crippen LogP contribution in [0, 0.1) is 0 Å². The second kappa shape index (κ2) is 3.69. The largest absolute Gasteiger partial charge is 0.507 e. The molecule has 0 aliphatic rings. The first-order chi connectivity index (χ1) is 8.66. The van der Waals surface area contributed by atoms with Gasteiger partial charge in [-0.1, -0.05) is 6.07 Å². The van der Waals surface area contributed by atoms with E-state index in [1.165, 1.54) is 23.1 Å². The van der Waals surface area contributed by atoms with Crippen LogP contribution < -0.4 is 5.43 Å². The van der Waals surface area contributed by atoms with Gasteiger partial charge in [-0.25, -0.2) is 9.67 Å². The Bertz CT molecular complexity index is 789. The van der Waals surface area contributed by atoms with Crippen molar-refractivity contribution in [2.75, 3.05) is 0 Å². The minimum atomic E-state index is -0.313. The monoisotopic (exact) mass is 243 g/mol. The van der Waals surface area contributed by atoms with Gasteiger partial charge in [0.05, 0.1) is 0 Å². The van der Waals surface area contributed by atoms with Crippen molar-refractivity contribution in [1.82, 2.24) is 14.8 Å². The number of phenols is 1. The highest BCUT2D eigenvalue weighted by molar-refractivity contribution is 5.84. The van der Waals surface area contributed by atoms with E-state index < -0.39 is 0 Å². The Balaban J connectivity index is 2.36. The van der Waals surface area contributed by atoms with Gasteiger partial charge in [-0.15, -0.1) is 0 Å². The molecule has 1 N–H and O–H groups in total. The van der Waals surface area contributed by atoms with E-state index in [0.717, 1.165) is 0 Å². The van der Waals surface area contributed by atoms with Crippen molar-refractivity contribution in [2.24, 2.45) is 7.05 Å². The summed E-state index contributed by atoms with van der Waals surface area (Å²) in [5.74, 6) is 0.682. The fraction of sp³-hybridized carbons (Fsp3) is 0.0833. The quantitative estimate of drug-likeness (QED) is 0.696. The molecule has 2 aromatic heterocycles. The molecule has 3 rings (SSSR count). The molecule has 0 bridgehead atoms. The number of aromatic hydroxyl groups is 1. The molecular weight excluding hydrogens is 234 g/mol. The van der Waals surface area contributed by atoms with Gasteiger partial charge in [0, 0.05) is 13.1 Å². The predicted molar refractivity (Wildman–Crippen MR) is 64.1 cm³/mol. The van der Waals surface area contributed by atoms with Gasteiger partial charge >= 0.3 is 0 Å². The van der Waals surface area contributed by atoms with Crippen molar-refractivity contribution in [2.45, 2.75) is 0 Å². The maximum absolute atomic E-state index is 11.9. The Labute approximate surface area is 101 Å². The maximum Gasteiger partial charge on any atom is 0.197 e. The summed E-state index contributed by atoms with van der Waals surface area (Å²) in [5.41, 5.74) is 0.00727. The van der Waals surface area contributed by atoms with Crippen LogP contribution in [0.2, 0.25) is 0 Å². The molecule has 0 amide bonds. The number of hydrogen-bond donors (Lipinski definition) is 1. The molecule has 0 spiro atoms. The van der Waals surface area contributed by atoms with Crippen molar-refractivity contribution in [1.29, 1.82) is 0 Å². The topological polar surface area (TPSA) is 81.2 Å². The first-order valence-corrected chi connectivity index (χ1v) is 5.27. The smallest absolute Gasteiger partial charge is 0.197 e. The lowest BCUT2D eigenvalue weighted by atomic mass is 10.2. The molecule has 18 heavy (non-hydrogen) atoms. The maximum atomic E-state index is 11.9. The molecule has 6 nitrogen and oxygen atoms in total. The highest BCUT2D eigenvalue weighted by Gasteiger charge is 2.12. The van der Waals surface area contributed by atoms with Gasteiger partial charge in [0.1, 0.15) is 23.0 Å². The van der Waals surface area contributed by atoms with E-state index in [4.69, 9.17) is 4.42 Å². The normalized spacial score (nSPS) is 10.9. The Morgan fingerprint density at radius 2 is 2.22 bits per heavy atom. The minimum absolute atomic E-state index is 0.0919. The van der Waals surface area contributed by atoms with Crippen LogP contribution in [0.5, 0.6) is 5.75 Å². The molecule has 6 heteroatoms. The number of benzene rings is 1. The van der Waals surface area contributed by atoms with Gasteiger partial charge in [-0.05, 0) is 12.1 Å². The summed E-state index contributed by atoms with van der Waals surface area (Å²) in [4.78, 5) is 16.0. The third kappa shape index (κ3) is 1.46. The van der Waals surface area contributed by atoms with Gasteiger partial charge in [0.25, 0.3) is 0 Å². The van der Waals surface area contributed by atoms with Gasteiger partial charge < -0.3 is 9.52 Å². The zero-order valence-corrected chi connectivity index (χ0v) is 9.49. The first kappa shape index (κ1) is 10.5. The van der Waals surface area contributed by atoms with Crippen LogP contribution in [0.3, 0.4) is 0 Å². The molecule has 1 aromatic carbocycles. The fourth-order valence-corrected chi connectivity index (χ4v) is 1.82. The standard InChI is InChI=1S/C12H9N3O3/c1-15-12(13-6-14-15)10-5-8(17)11-7(16)3-2-4-9(11)18-10/h2-6,16H,1H3.